The molecule has 8 nitrogen and oxygen atoms in total. The van der Waals surface area contributed by atoms with Crippen LogP contribution in [-0.4, -0.2) is 50.5 Å². The van der Waals surface area contributed by atoms with Crippen LogP contribution in [0, 0.1) is 0 Å². The maximum atomic E-state index is 4.36. The highest BCUT2D eigenvalue weighted by Crippen LogP contribution is 2.27. The van der Waals surface area contributed by atoms with Crippen molar-refractivity contribution in [1.29, 1.82) is 0 Å². The van der Waals surface area contributed by atoms with E-state index in [2.05, 4.69) is 90.2 Å². The number of nitrogens with one attached hydrogen (secondary N) is 4. The molecule has 0 fully saturated rings. The standard InChI is InChI=1S/C22H22N8/c1-2-4-16-12-20-18(14-28-30-22-25-9-10-26-22)6-5-17(19(20)11-15(16)3-1)13-27-29-21-23-7-8-24-21/h1-6,11-14H,7-10H2,(H2,23,24,29)(H2,25,26,30)/b27-13+,28-14+. The quantitative estimate of drug-likeness (QED) is 0.306. The monoisotopic (exact) mass is 398 g/mol. The zero-order valence-electron chi connectivity index (χ0n) is 16.4. The Morgan fingerprint density at radius 1 is 0.733 bits per heavy atom. The van der Waals surface area contributed by atoms with Crippen molar-refractivity contribution in [3.63, 3.8) is 0 Å². The second-order valence-corrected chi connectivity index (χ2v) is 7.04. The zero-order valence-corrected chi connectivity index (χ0v) is 16.4. The molecule has 0 radical (unpaired) electrons. The number of hydrogen-bond donors (Lipinski definition) is 4. The lowest BCUT2D eigenvalue weighted by Crippen LogP contribution is -2.30. The van der Waals surface area contributed by atoms with Crippen molar-refractivity contribution in [2.45, 2.75) is 0 Å². The van der Waals surface area contributed by atoms with Gasteiger partial charge in [-0.15, -0.1) is 0 Å². The highest BCUT2D eigenvalue weighted by atomic mass is 15.4. The fourth-order valence-corrected chi connectivity index (χ4v) is 3.57. The summed E-state index contributed by atoms with van der Waals surface area (Å²) in [4.78, 5) is 8.58. The Labute approximate surface area is 173 Å². The maximum Gasteiger partial charge on any atom is 0.212 e. The lowest BCUT2D eigenvalue weighted by Gasteiger charge is -2.09. The first-order valence-corrected chi connectivity index (χ1v) is 9.97. The van der Waals surface area contributed by atoms with Crippen LogP contribution >= 0.6 is 0 Å². The summed E-state index contributed by atoms with van der Waals surface area (Å²) < 4.78 is 0. The van der Waals surface area contributed by atoms with Crippen LogP contribution in [0.2, 0.25) is 0 Å². The number of nitrogens with zero attached hydrogens (tertiary/aromatic N) is 4. The summed E-state index contributed by atoms with van der Waals surface area (Å²) in [7, 11) is 0. The minimum atomic E-state index is 0.708. The van der Waals surface area contributed by atoms with Crippen LogP contribution < -0.4 is 21.5 Å². The number of rotatable bonds is 4. The molecule has 0 saturated heterocycles. The lowest BCUT2D eigenvalue weighted by atomic mass is 9.96. The van der Waals surface area contributed by atoms with Crippen LogP contribution in [0.15, 0.2) is 68.7 Å². The van der Waals surface area contributed by atoms with Crippen LogP contribution in [0.4, 0.5) is 0 Å². The number of hydrazone groups is 2. The molecule has 0 spiro atoms. The summed E-state index contributed by atoms with van der Waals surface area (Å²) in [5.41, 5.74) is 7.97. The number of benzene rings is 3. The molecular weight excluding hydrogens is 376 g/mol. The third kappa shape index (κ3) is 3.80. The number of guanidine groups is 2. The molecule has 0 bridgehead atoms. The zero-order chi connectivity index (χ0) is 20.2. The van der Waals surface area contributed by atoms with E-state index >= 15 is 0 Å². The highest BCUT2D eigenvalue weighted by Gasteiger charge is 2.08. The maximum absolute atomic E-state index is 4.36. The Morgan fingerprint density at radius 3 is 1.67 bits per heavy atom. The first-order chi connectivity index (χ1) is 14.9. The van der Waals surface area contributed by atoms with E-state index in [-0.39, 0.29) is 0 Å². The average Bonchev–Trinajstić information content (AvgIpc) is 3.48. The van der Waals surface area contributed by atoms with Crippen molar-refractivity contribution in [1.82, 2.24) is 21.5 Å². The number of hydrogen-bond acceptors (Lipinski definition) is 8. The third-order valence-electron chi connectivity index (χ3n) is 5.05. The minimum Gasteiger partial charge on any atom is -0.353 e. The first-order valence-electron chi connectivity index (χ1n) is 9.97. The molecule has 2 aliphatic heterocycles. The van der Waals surface area contributed by atoms with Gasteiger partial charge in [-0.1, -0.05) is 36.4 Å². The van der Waals surface area contributed by atoms with E-state index in [1.54, 1.807) is 0 Å². The Morgan fingerprint density at radius 2 is 1.23 bits per heavy atom. The van der Waals surface area contributed by atoms with Crippen molar-refractivity contribution in [2.75, 3.05) is 26.2 Å². The molecule has 8 heteroatoms. The molecule has 0 aliphatic carbocycles. The number of aliphatic imine (C=N–C) groups is 2. The molecule has 0 atom stereocenters. The van der Waals surface area contributed by atoms with Gasteiger partial charge < -0.3 is 10.6 Å². The summed E-state index contributed by atoms with van der Waals surface area (Å²) in [5, 5.41) is 19.6. The molecule has 150 valence electrons. The van der Waals surface area contributed by atoms with Gasteiger partial charge in [0.2, 0.25) is 11.9 Å². The molecule has 3 aromatic rings. The summed E-state index contributed by atoms with van der Waals surface area (Å²) in [6.45, 7) is 3.24. The van der Waals surface area contributed by atoms with Crippen molar-refractivity contribution in [3.05, 3.63) is 59.7 Å². The molecular formula is C22H22N8. The van der Waals surface area contributed by atoms with Crippen molar-refractivity contribution in [2.24, 2.45) is 20.2 Å². The summed E-state index contributed by atoms with van der Waals surface area (Å²) in [6, 6.07) is 16.9. The van der Waals surface area contributed by atoms with Crippen LogP contribution in [0.3, 0.4) is 0 Å². The predicted molar refractivity (Wildman–Crippen MR) is 124 cm³/mol. The van der Waals surface area contributed by atoms with E-state index in [4.69, 9.17) is 0 Å². The van der Waals surface area contributed by atoms with Gasteiger partial charge in [0.25, 0.3) is 0 Å². The van der Waals surface area contributed by atoms with Crippen molar-refractivity contribution < 1.29 is 0 Å². The molecule has 0 unspecified atom stereocenters. The van der Waals surface area contributed by atoms with Gasteiger partial charge in [0.05, 0.1) is 25.5 Å². The highest BCUT2D eigenvalue weighted by molar-refractivity contribution is 6.11. The van der Waals surface area contributed by atoms with Gasteiger partial charge in [-0.2, -0.15) is 10.2 Å². The fraction of sp³-hybridized carbons (Fsp3) is 0.182. The third-order valence-corrected chi connectivity index (χ3v) is 5.05. The Balaban J connectivity index is 1.51. The second kappa shape index (κ2) is 8.20. The summed E-state index contributed by atoms with van der Waals surface area (Å²) in [6.07, 6.45) is 3.66. The van der Waals surface area contributed by atoms with Crippen molar-refractivity contribution in [3.8, 4) is 0 Å². The van der Waals surface area contributed by atoms with Gasteiger partial charge >= 0.3 is 0 Å². The van der Waals surface area contributed by atoms with Crippen LogP contribution in [0.5, 0.6) is 0 Å². The Hall–Kier alpha value is -3.94. The normalized spacial score (nSPS) is 16.1. The Kier molecular flexibility index (Phi) is 4.95. The molecule has 0 amide bonds. The molecule has 0 saturated carbocycles. The van der Waals surface area contributed by atoms with Crippen LogP contribution in [-0.2, 0) is 0 Å². The topological polar surface area (TPSA) is 97.6 Å². The van der Waals surface area contributed by atoms with Gasteiger partial charge in [0.15, 0.2) is 0 Å². The van der Waals surface area contributed by atoms with E-state index in [9.17, 15) is 0 Å². The van der Waals surface area contributed by atoms with Crippen LogP contribution in [0.1, 0.15) is 11.1 Å². The van der Waals surface area contributed by atoms with E-state index in [0.29, 0.717) is 11.9 Å². The summed E-state index contributed by atoms with van der Waals surface area (Å²) >= 11 is 0. The molecule has 3 aromatic carbocycles. The molecule has 2 aliphatic rings. The Bertz CT molecular complexity index is 1110. The lowest BCUT2D eigenvalue weighted by molar-refractivity contribution is 0.919. The fourth-order valence-electron chi connectivity index (χ4n) is 3.57. The van der Waals surface area contributed by atoms with E-state index in [1.165, 1.54) is 10.8 Å². The van der Waals surface area contributed by atoms with Crippen LogP contribution in [0.25, 0.3) is 21.5 Å². The SMILES string of the molecule is C(=N\NC1=NCCN1)/c1ccc(/C=N/NC2=NCCN2)c2cc3ccccc3cc12. The van der Waals surface area contributed by atoms with Gasteiger partial charge in [-0.05, 0) is 33.7 Å². The second-order valence-electron chi connectivity index (χ2n) is 7.04. The van der Waals surface area contributed by atoms with Crippen molar-refractivity contribution >= 4 is 45.9 Å². The number of fused-ring (bicyclic) bond motifs is 2. The largest absolute Gasteiger partial charge is 0.353 e. The van der Waals surface area contributed by atoms with Gasteiger partial charge in [-0.3, -0.25) is 0 Å². The molecule has 30 heavy (non-hydrogen) atoms. The first kappa shape index (κ1) is 18.1. The van der Waals surface area contributed by atoms with Gasteiger partial charge in [-0.25, -0.2) is 20.8 Å². The van der Waals surface area contributed by atoms with E-state index < -0.39 is 0 Å². The summed E-state index contributed by atoms with van der Waals surface area (Å²) in [5.74, 6) is 1.42. The molecule has 5 rings (SSSR count). The van der Waals surface area contributed by atoms with Gasteiger partial charge in [0, 0.05) is 24.2 Å². The smallest absolute Gasteiger partial charge is 0.212 e. The van der Waals surface area contributed by atoms with E-state index in [0.717, 1.165) is 48.1 Å². The van der Waals surface area contributed by atoms with Gasteiger partial charge in [0.1, 0.15) is 0 Å². The average molecular weight is 398 g/mol. The molecule has 4 N–H and O–H groups in total. The predicted octanol–water partition coefficient (Wildman–Crippen LogP) is 1.76. The molecule has 0 aromatic heterocycles. The minimum absolute atomic E-state index is 0.708. The molecule has 2 heterocycles. The van der Waals surface area contributed by atoms with E-state index in [1.807, 2.05) is 12.4 Å².